The zero-order chi connectivity index (χ0) is 19.9. The topological polar surface area (TPSA) is 67.3 Å². The van der Waals surface area contributed by atoms with Crippen LogP contribution in [-0.2, 0) is 11.3 Å². The number of hydrogen-bond donors (Lipinski definition) is 1. The average molecular weight is 388 g/mol. The maximum Gasteiger partial charge on any atom is 0.241 e. The third-order valence-electron chi connectivity index (χ3n) is 4.98. The van der Waals surface area contributed by atoms with Gasteiger partial charge in [-0.3, -0.25) is 14.7 Å². The van der Waals surface area contributed by atoms with Gasteiger partial charge in [0.15, 0.2) is 0 Å². The highest BCUT2D eigenvalue weighted by Gasteiger charge is 2.29. The van der Waals surface area contributed by atoms with Crippen LogP contribution in [0, 0.1) is 0 Å². The molecule has 1 saturated heterocycles. The summed E-state index contributed by atoms with van der Waals surface area (Å²) in [5.74, 6) is 1.21. The molecule has 1 aromatic carbocycles. The second-order valence-electron chi connectivity index (χ2n) is 7.09. The van der Waals surface area contributed by atoms with Crippen LogP contribution in [0.3, 0.4) is 0 Å². The molecule has 1 amide bonds. The Kier molecular flexibility index (Phi) is 6.12. The molecule has 1 atom stereocenters. The van der Waals surface area contributed by atoms with Gasteiger partial charge >= 0.3 is 0 Å². The number of pyridine rings is 2. The summed E-state index contributed by atoms with van der Waals surface area (Å²) in [7, 11) is 0. The summed E-state index contributed by atoms with van der Waals surface area (Å²) < 4.78 is 5.70. The Labute approximate surface area is 170 Å². The zero-order valence-corrected chi connectivity index (χ0v) is 16.2. The molecule has 0 bridgehead atoms. The van der Waals surface area contributed by atoms with E-state index in [-0.39, 0.29) is 11.9 Å². The summed E-state index contributed by atoms with van der Waals surface area (Å²) >= 11 is 0. The number of para-hydroxylation sites is 1. The number of ether oxygens (including phenoxy) is 1. The largest absolute Gasteiger partial charge is 0.439 e. The van der Waals surface area contributed by atoms with E-state index in [2.05, 4.69) is 20.2 Å². The van der Waals surface area contributed by atoms with Gasteiger partial charge in [-0.05, 0) is 49.7 Å². The van der Waals surface area contributed by atoms with Crippen molar-refractivity contribution in [2.75, 3.05) is 11.9 Å². The van der Waals surface area contributed by atoms with Gasteiger partial charge in [0.25, 0.3) is 0 Å². The summed E-state index contributed by atoms with van der Waals surface area (Å²) in [6, 6.07) is 18.8. The minimum absolute atomic E-state index is 0.000779. The molecule has 0 unspecified atom stereocenters. The highest BCUT2D eigenvalue weighted by molar-refractivity contribution is 5.94. The van der Waals surface area contributed by atoms with Crippen molar-refractivity contribution in [3.8, 4) is 11.6 Å². The quantitative estimate of drug-likeness (QED) is 0.683. The smallest absolute Gasteiger partial charge is 0.241 e. The lowest BCUT2D eigenvalue weighted by molar-refractivity contribution is -0.122. The van der Waals surface area contributed by atoms with E-state index in [1.165, 1.54) is 0 Å². The predicted molar refractivity (Wildman–Crippen MR) is 112 cm³/mol. The highest BCUT2D eigenvalue weighted by atomic mass is 16.5. The van der Waals surface area contributed by atoms with E-state index in [0.29, 0.717) is 18.1 Å². The van der Waals surface area contributed by atoms with Crippen molar-refractivity contribution in [3.05, 3.63) is 78.8 Å². The van der Waals surface area contributed by atoms with E-state index in [4.69, 9.17) is 4.74 Å². The van der Waals surface area contributed by atoms with Crippen LogP contribution in [0.15, 0.2) is 73.1 Å². The second-order valence-corrected chi connectivity index (χ2v) is 7.09. The summed E-state index contributed by atoms with van der Waals surface area (Å²) in [6.45, 7) is 1.58. The van der Waals surface area contributed by atoms with E-state index in [0.717, 1.165) is 37.3 Å². The maximum absolute atomic E-state index is 12.9. The number of aromatic nitrogens is 2. The fourth-order valence-electron chi connectivity index (χ4n) is 3.53. The molecule has 6 nitrogen and oxygen atoms in total. The molecule has 1 N–H and O–H groups in total. The summed E-state index contributed by atoms with van der Waals surface area (Å²) in [4.78, 5) is 23.8. The molecule has 0 spiro atoms. The van der Waals surface area contributed by atoms with Crippen LogP contribution >= 0.6 is 0 Å². The number of benzene rings is 1. The number of likely N-dealkylation sites (tertiary alicyclic amines) is 1. The second kappa shape index (κ2) is 9.30. The molecule has 0 radical (unpaired) electrons. The number of anilines is 1. The minimum atomic E-state index is -0.161. The molecular weight excluding hydrogens is 364 g/mol. The van der Waals surface area contributed by atoms with Gasteiger partial charge in [-0.1, -0.05) is 30.7 Å². The molecule has 4 rings (SSSR count). The first-order valence-electron chi connectivity index (χ1n) is 9.92. The Balaban J connectivity index is 1.38. The van der Waals surface area contributed by atoms with Gasteiger partial charge in [0.2, 0.25) is 11.8 Å². The van der Waals surface area contributed by atoms with Crippen molar-refractivity contribution in [1.82, 2.24) is 14.9 Å². The van der Waals surface area contributed by atoms with Crippen LogP contribution in [0.2, 0.25) is 0 Å². The van der Waals surface area contributed by atoms with Crippen LogP contribution in [-0.4, -0.2) is 33.4 Å². The molecule has 3 heterocycles. The molecule has 0 saturated carbocycles. The Hall–Kier alpha value is -3.25. The van der Waals surface area contributed by atoms with E-state index < -0.39 is 0 Å². The summed E-state index contributed by atoms with van der Waals surface area (Å²) in [5.41, 5.74) is 1.65. The van der Waals surface area contributed by atoms with Gasteiger partial charge < -0.3 is 10.1 Å². The number of piperidine rings is 1. The molecule has 2 aromatic heterocycles. The standard InChI is InChI=1S/C23H24N4O2/c28-23(21-11-5-7-15-27(21)17-19-8-4-6-14-24-19)26-18-12-13-22(25-16-18)29-20-9-2-1-3-10-20/h1-4,6,8-10,12-14,16,21H,5,7,11,15,17H2,(H,26,28)/t21-/m0/s1. The van der Waals surface area contributed by atoms with E-state index in [1.54, 1.807) is 18.5 Å². The number of nitrogens with zero attached hydrogens (tertiary/aromatic N) is 3. The number of nitrogens with one attached hydrogen (secondary N) is 1. The molecule has 3 aromatic rings. The Morgan fingerprint density at radius 1 is 1.03 bits per heavy atom. The van der Waals surface area contributed by atoms with Gasteiger partial charge in [0.1, 0.15) is 5.75 Å². The number of amides is 1. The maximum atomic E-state index is 12.9. The number of hydrogen-bond acceptors (Lipinski definition) is 5. The van der Waals surface area contributed by atoms with Crippen molar-refractivity contribution in [2.45, 2.75) is 31.8 Å². The molecular formula is C23H24N4O2. The molecule has 29 heavy (non-hydrogen) atoms. The first kappa shape index (κ1) is 19.1. The van der Waals surface area contributed by atoms with Crippen LogP contribution in [0.5, 0.6) is 11.6 Å². The third-order valence-corrected chi connectivity index (χ3v) is 4.98. The predicted octanol–water partition coefficient (Wildman–Crippen LogP) is 4.26. The average Bonchev–Trinajstić information content (AvgIpc) is 2.77. The van der Waals surface area contributed by atoms with Crippen LogP contribution in [0.25, 0.3) is 0 Å². The molecule has 1 aliphatic heterocycles. The van der Waals surface area contributed by atoms with Gasteiger partial charge in [-0.2, -0.15) is 0 Å². The lowest BCUT2D eigenvalue weighted by atomic mass is 10.0. The molecule has 1 fully saturated rings. The highest BCUT2D eigenvalue weighted by Crippen LogP contribution is 2.22. The zero-order valence-electron chi connectivity index (χ0n) is 16.2. The lowest BCUT2D eigenvalue weighted by Gasteiger charge is -2.34. The SMILES string of the molecule is O=C(Nc1ccc(Oc2ccccc2)nc1)[C@@H]1CCCCN1Cc1ccccn1. The van der Waals surface area contributed by atoms with E-state index >= 15 is 0 Å². The Morgan fingerprint density at radius 2 is 1.90 bits per heavy atom. The van der Waals surface area contributed by atoms with Gasteiger partial charge in [0, 0.05) is 18.8 Å². The fraction of sp³-hybridized carbons (Fsp3) is 0.261. The monoisotopic (exact) mass is 388 g/mol. The van der Waals surface area contributed by atoms with Crippen LogP contribution in [0.1, 0.15) is 25.0 Å². The molecule has 0 aliphatic carbocycles. The number of carbonyl (C=O) groups is 1. The van der Waals surface area contributed by atoms with Crippen molar-refractivity contribution < 1.29 is 9.53 Å². The van der Waals surface area contributed by atoms with E-state index in [9.17, 15) is 4.79 Å². The van der Waals surface area contributed by atoms with E-state index in [1.807, 2.05) is 54.6 Å². The Bertz CT molecular complexity index is 917. The van der Waals surface area contributed by atoms with Crippen LogP contribution in [0.4, 0.5) is 5.69 Å². The van der Waals surface area contributed by atoms with Crippen molar-refractivity contribution in [2.24, 2.45) is 0 Å². The first-order chi connectivity index (χ1) is 14.3. The van der Waals surface area contributed by atoms with Crippen molar-refractivity contribution in [3.63, 3.8) is 0 Å². The number of rotatable bonds is 6. The minimum Gasteiger partial charge on any atom is -0.439 e. The summed E-state index contributed by atoms with van der Waals surface area (Å²) in [5, 5.41) is 3.00. The molecule has 148 valence electrons. The molecule has 1 aliphatic rings. The number of carbonyl (C=O) groups excluding carboxylic acids is 1. The van der Waals surface area contributed by atoms with Crippen molar-refractivity contribution in [1.29, 1.82) is 0 Å². The van der Waals surface area contributed by atoms with Gasteiger partial charge in [-0.15, -0.1) is 0 Å². The third kappa shape index (κ3) is 5.18. The first-order valence-corrected chi connectivity index (χ1v) is 9.92. The Morgan fingerprint density at radius 3 is 2.66 bits per heavy atom. The normalized spacial score (nSPS) is 16.9. The van der Waals surface area contributed by atoms with Gasteiger partial charge in [0.05, 0.1) is 23.6 Å². The van der Waals surface area contributed by atoms with Gasteiger partial charge in [-0.25, -0.2) is 4.98 Å². The van der Waals surface area contributed by atoms with Crippen molar-refractivity contribution >= 4 is 11.6 Å². The fourth-order valence-corrected chi connectivity index (χ4v) is 3.53. The summed E-state index contributed by atoms with van der Waals surface area (Å²) in [6.07, 6.45) is 6.42. The molecule has 6 heteroatoms. The van der Waals surface area contributed by atoms with Crippen LogP contribution < -0.4 is 10.1 Å². The lowest BCUT2D eigenvalue weighted by Crippen LogP contribution is -2.46.